The average Bonchev–Trinajstić information content (AvgIpc) is 3.67. The largest absolute Gasteiger partial charge is 0.390 e. The summed E-state index contributed by atoms with van der Waals surface area (Å²) in [7, 11) is 0. The molecule has 8 rings (SSSR count). The molecule has 0 aromatic carbocycles. The standard InChI is InChI=1S/C43H72N2O7/c1-10-49-37(39(6,7)48)29-20-26(2)34-35(51-29)36(47)41(9)31-13-11-12-30-38(4,5)32(14-15-42(30)25-43(31,42)17-16-40(34,41)8)52-33-24-44(18-19-50-33)21-28-22-45(23-28)27(3)46/h26,28-37,47-48H,10-25H2,1-9H3. The van der Waals surface area contributed by atoms with Crippen LogP contribution < -0.4 is 0 Å². The van der Waals surface area contributed by atoms with Gasteiger partial charge < -0.3 is 34.1 Å². The van der Waals surface area contributed by atoms with Crippen LogP contribution in [-0.2, 0) is 23.7 Å². The number of amides is 1. The van der Waals surface area contributed by atoms with Crippen LogP contribution >= 0.6 is 0 Å². The number of nitrogens with zero attached hydrogens (tertiary/aromatic N) is 2. The molecule has 0 bridgehead atoms. The second kappa shape index (κ2) is 12.9. The van der Waals surface area contributed by atoms with Gasteiger partial charge in [-0.05, 0) is 117 Å². The van der Waals surface area contributed by atoms with E-state index < -0.39 is 17.8 Å². The summed E-state index contributed by atoms with van der Waals surface area (Å²) >= 11 is 0. The summed E-state index contributed by atoms with van der Waals surface area (Å²) in [4.78, 5) is 16.1. The van der Waals surface area contributed by atoms with Crippen LogP contribution in [0.1, 0.15) is 120 Å². The third kappa shape index (κ3) is 5.42. The molecule has 296 valence electrons. The second-order valence-corrected chi connectivity index (χ2v) is 20.9. The van der Waals surface area contributed by atoms with Crippen LogP contribution in [0.25, 0.3) is 0 Å². The molecular weight excluding hydrogens is 656 g/mol. The van der Waals surface area contributed by atoms with Crippen LogP contribution in [0.2, 0.25) is 0 Å². The van der Waals surface area contributed by atoms with Crippen molar-refractivity contribution in [1.82, 2.24) is 9.80 Å². The number of carbonyl (C=O) groups excluding carboxylic acids is 1. The van der Waals surface area contributed by atoms with Gasteiger partial charge in [-0.2, -0.15) is 0 Å². The molecule has 2 N–H and O–H groups in total. The first-order valence-electron chi connectivity index (χ1n) is 21.4. The van der Waals surface area contributed by atoms with Crippen molar-refractivity contribution in [3.8, 4) is 0 Å². The Morgan fingerprint density at radius 1 is 1.02 bits per heavy atom. The first kappa shape index (κ1) is 38.1. The maximum atomic E-state index is 12.7. The zero-order valence-electron chi connectivity index (χ0n) is 34.0. The lowest BCUT2D eigenvalue weighted by Gasteiger charge is -2.60. The van der Waals surface area contributed by atoms with Crippen LogP contribution in [0.5, 0.6) is 0 Å². The summed E-state index contributed by atoms with van der Waals surface area (Å²) in [5.74, 6) is 2.49. The highest BCUT2D eigenvalue weighted by atomic mass is 16.7. The molecule has 0 aromatic rings. The zero-order chi connectivity index (χ0) is 37.2. The van der Waals surface area contributed by atoms with Crippen LogP contribution in [0, 0.1) is 56.7 Å². The van der Waals surface area contributed by atoms with Crippen LogP contribution in [0.3, 0.4) is 0 Å². The fraction of sp³-hybridized carbons (Fsp3) is 0.977. The highest BCUT2D eigenvalue weighted by Gasteiger charge is 2.83. The number of morpholine rings is 1. The molecule has 5 aliphatic carbocycles. The van der Waals surface area contributed by atoms with Crippen molar-refractivity contribution in [2.45, 2.75) is 163 Å². The van der Waals surface area contributed by atoms with Gasteiger partial charge in [0.1, 0.15) is 6.10 Å². The van der Waals surface area contributed by atoms with Crippen LogP contribution in [-0.4, -0.2) is 114 Å². The van der Waals surface area contributed by atoms with E-state index in [-0.39, 0.29) is 52.2 Å². The number of aliphatic hydroxyl groups is 2. The zero-order valence-corrected chi connectivity index (χ0v) is 34.0. The van der Waals surface area contributed by atoms with Crippen molar-refractivity contribution in [2.24, 2.45) is 56.7 Å². The van der Waals surface area contributed by atoms with Gasteiger partial charge in [-0.25, -0.2) is 0 Å². The number of hydrogen-bond donors (Lipinski definition) is 2. The number of hydrogen-bond acceptors (Lipinski definition) is 8. The van der Waals surface area contributed by atoms with Crippen molar-refractivity contribution < 1.29 is 34.0 Å². The lowest BCUT2D eigenvalue weighted by atomic mass is 9.45. The summed E-state index contributed by atoms with van der Waals surface area (Å²) in [6.07, 6.45) is 9.07. The van der Waals surface area contributed by atoms with Crippen LogP contribution in [0.4, 0.5) is 0 Å². The van der Waals surface area contributed by atoms with Crippen molar-refractivity contribution in [3.63, 3.8) is 0 Å². The molecule has 9 heteroatoms. The van der Waals surface area contributed by atoms with Gasteiger partial charge in [0.15, 0.2) is 6.29 Å². The molecule has 14 atom stereocenters. The minimum atomic E-state index is -1.02. The van der Waals surface area contributed by atoms with E-state index in [2.05, 4.69) is 39.5 Å². The molecular formula is C43H72N2O7. The van der Waals surface area contributed by atoms with Gasteiger partial charge in [0.05, 0.1) is 36.6 Å². The Labute approximate surface area is 314 Å². The summed E-state index contributed by atoms with van der Waals surface area (Å²) in [5.41, 5.74) is -0.615. The summed E-state index contributed by atoms with van der Waals surface area (Å²) in [6, 6.07) is 0. The first-order chi connectivity index (χ1) is 24.4. The van der Waals surface area contributed by atoms with Gasteiger partial charge in [-0.1, -0.05) is 41.0 Å². The molecule has 3 aliphatic heterocycles. The molecule has 0 aromatic heterocycles. The molecule has 0 radical (unpaired) electrons. The average molecular weight is 729 g/mol. The van der Waals surface area contributed by atoms with Gasteiger partial charge in [0, 0.05) is 57.6 Å². The maximum absolute atomic E-state index is 12.7. The van der Waals surface area contributed by atoms with Gasteiger partial charge in [-0.15, -0.1) is 0 Å². The highest BCUT2D eigenvalue weighted by molar-refractivity contribution is 5.74. The Morgan fingerprint density at radius 2 is 1.73 bits per heavy atom. The minimum absolute atomic E-state index is 0.000704. The molecule has 9 nitrogen and oxygen atoms in total. The van der Waals surface area contributed by atoms with E-state index in [4.69, 9.17) is 18.9 Å². The molecule has 2 spiro atoms. The molecule has 5 saturated carbocycles. The van der Waals surface area contributed by atoms with Crippen molar-refractivity contribution >= 4 is 5.91 Å². The van der Waals surface area contributed by atoms with Crippen molar-refractivity contribution in [1.29, 1.82) is 0 Å². The maximum Gasteiger partial charge on any atom is 0.219 e. The fourth-order valence-corrected chi connectivity index (χ4v) is 15.3. The number of aliphatic hydroxyl groups excluding tert-OH is 1. The predicted molar refractivity (Wildman–Crippen MR) is 199 cm³/mol. The third-order valence-electron chi connectivity index (χ3n) is 17.7. The molecule has 8 fully saturated rings. The molecule has 8 aliphatic rings. The second-order valence-electron chi connectivity index (χ2n) is 20.9. The molecule has 3 saturated heterocycles. The number of carbonyl (C=O) groups is 1. The Morgan fingerprint density at radius 3 is 2.42 bits per heavy atom. The molecule has 3 heterocycles. The van der Waals surface area contributed by atoms with Crippen LogP contribution in [0.15, 0.2) is 0 Å². The number of ether oxygens (including phenoxy) is 4. The van der Waals surface area contributed by atoms with Gasteiger partial charge in [0.2, 0.25) is 5.91 Å². The number of fused-ring (bicyclic) bond motifs is 4. The van der Waals surface area contributed by atoms with E-state index in [1.807, 2.05) is 25.7 Å². The Hall–Kier alpha value is -0.810. The smallest absolute Gasteiger partial charge is 0.219 e. The molecule has 52 heavy (non-hydrogen) atoms. The van der Waals surface area contributed by atoms with Crippen molar-refractivity contribution in [2.75, 3.05) is 45.9 Å². The topological polar surface area (TPSA) is 101 Å². The summed E-state index contributed by atoms with van der Waals surface area (Å²) < 4.78 is 26.5. The van der Waals surface area contributed by atoms with E-state index in [0.717, 1.165) is 52.0 Å². The quantitative estimate of drug-likeness (QED) is 0.320. The van der Waals surface area contributed by atoms with E-state index >= 15 is 0 Å². The summed E-state index contributed by atoms with van der Waals surface area (Å²) in [5, 5.41) is 23.9. The van der Waals surface area contributed by atoms with E-state index in [1.54, 1.807) is 6.92 Å². The van der Waals surface area contributed by atoms with E-state index in [1.165, 1.54) is 38.5 Å². The Bertz CT molecular complexity index is 1360. The first-order valence-corrected chi connectivity index (χ1v) is 21.4. The number of rotatable bonds is 8. The molecule has 1 amide bonds. The van der Waals surface area contributed by atoms with Gasteiger partial charge in [0.25, 0.3) is 0 Å². The number of likely N-dealkylation sites (tertiary alicyclic amines) is 1. The Balaban J connectivity index is 0.992. The van der Waals surface area contributed by atoms with Gasteiger partial charge in [-0.3, -0.25) is 9.69 Å². The molecule has 14 unspecified atom stereocenters. The van der Waals surface area contributed by atoms with Crippen molar-refractivity contribution in [3.05, 3.63) is 0 Å². The lowest BCUT2D eigenvalue weighted by molar-refractivity contribution is -0.243. The predicted octanol–water partition coefficient (Wildman–Crippen LogP) is 5.89. The third-order valence-corrected chi connectivity index (χ3v) is 17.7. The highest BCUT2D eigenvalue weighted by Crippen LogP contribution is 2.88. The lowest BCUT2D eigenvalue weighted by Crippen LogP contribution is -2.57. The van der Waals surface area contributed by atoms with E-state index in [9.17, 15) is 15.0 Å². The van der Waals surface area contributed by atoms with Gasteiger partial charge >= 0.3 is 0 Å². The SMILES string of the molecule is CCOC(C1CC(C)C2C(O1)C(O)C1(C)C3CCCC4C(C)(C)C(OC5CN(CC6CN(C(C)=O)C6)CCO5)CCC45CC35CCC21C)C(C)(C)O. The monoisotopic (exact) mass is 729 g/mol. The minimum Gasteiger partial charge on any atom is -0.390 e. The van der Waals surface area contributed by atoms with E-state index in [0.29, 0.717) is 48.2 Å². The fourth-order valence-electron chi connectivity index (χ4n) is 15.3. The summed E-state index contributed by atoms with van der Waals surface area (Å²) in [6.45, 7) is 25.4. The Kier molecular flexibility index (Phi) is 9.42. The normalized spacial score (nSPS) is 49.4.